The van der Waals surface area contributed by atoms with Gasteiger partial charge in [0.05, 0.1) is 10.6 Å². The maximum Gasteiger partial charge on any atom is 0.257 e. The van der Waals surface area contributed by atoms with Gasteiger partial charge in [0.2, 0.25) is 0 Å². The topological polar surface area (TPSA) is 42.0 Å². The first-order valence-corrected chi connectivity index (χ1v) is 10.3. The lowest BCUT2D eigenvalue weighted by atomic mass is 10.1. The van der Waals surface area contributed by atoms with Crippen molar-refractivity contribution in [3.8, 4) is 21.7 Å². The van der Waals surface area contributed by atoms with Crippen LogP contribution < -0.4 is 5.32 Å². The monoisotopic (exact) mass is 398 g/mol. The number of nitrogens with zero attached hydrogens (tertiary/aromatic N) is 1. The zero-order valence-corrected chi connectivity index (χ0v) is 17.5. The smallest absolute Gasteiger partial charge is 0.257 e. The van der Waals surface area contributed by atoms with Crippen molar-refractivity contribution in [2.75, 3.05) is 5.32 Å². The molecule has 1 heterocycles. The Morgan fingerprint density at radius 1 is 0.793 bits per heavy atom. The molecule has 0 fully saturated rings. The fourth-order valence-corrected chi connectivity index (χ4v) is 4.33. The van der Waals surface area contributed by atoms with Crippen LogP contribution in [0.25, 0.3) is 21.7 Å². The Morgan fingerprint density at radius 3 is 2.10 bits per heavy atom. The summed E-state index contributed by atoms with van der Waals surface area (Å²) in [5.74, 6) is -0.138. The van der Waals surface area contributed by atoms with Crippen LogP contribution in [0.15, 0.2) is 72.8 Å². The molecule has 0 aliphatic carbocycles. The second kappa shape index (κ2) is 8.02. The van der Waals surface area contributed by atoms with E-state index in [1.165, 1.54) is 16.9 Å². The van der Waals surface area contributed by atoms with Gasteiger partial charge in [0.25, 0.3) is 5.91 Å². The number of rotatable bonds is 4. The Kier molecular flexibility index (Phi) is 5.28. The fourth-order valence-electron chi connectivity index (χ4n) is 3.34. The molecule has 1 N–H and O–H groups in total. The van der Waals surface area contributed by atoms with Crippen LogP contribution in [-0.4, -0.2) is 10.9 Å². The van der Waals surface area contributed by atoms with Crippen molar-refractivity contribution in [2.45, 2.75) is 20.8 Å². The second-order valence-corrected chi connectivity index (χ2v) is 8.26. The minimum absolute atomic E-state index is 0.138. The average Bonchev–Trinajstić information content (AvgIpc) is 3.12. The summed E-state index contributed by atoms with van der Waals surface area (Å²) in [6, 6.07) is 24.3. The minimum Gasteiger partial charge on any atom is -0.298 e. The van der Waals surface area contributed by atoms with E-state index in [0.717, 1.165) is 32.8 Å². The lowest BCUT2D eigenvalue weighted by Gasteiger charge is -2.04. The van der Waals surface area contributed by atoms with Crippen LogP contribution in [0, 0.1) is 20.8 Å². The third kappa shape index (κ3) is 4.28. The van der Waals surface area contributed by atoms with Gasteiger partial charge in [-0.25, -0.2) is 4.98 Å². The summed E-state index contributed by atoms with van der Waals surface area (Å²) >= 11 is 1.50. The number of carbonyl (C=O) groups excluding carboxylic acids is 1. The number of aromatic nitrogens is 1. The molecule has 3 nitrogen and oxygen atoms in total. The van der Waals surface area contributed by atoms with E-state index in [0.29, 0.717) is 10.7 Å². The summed E-state index contributed by atoms with van der Waals surface area (Å²) in [6.07, 6.45) is 0. The lowest BCUT2D eigenvalue weighted by Crippen LogP contribution is -2.12. The summed E-state index contributed by atoms with van der Waals surface area (Å²) in [7, 11) is 0. The zero-order chi connectivity index (χ0) is 20.4. The van der Waals surface area contributed by atoms with Crippen LogP contribution in [0.5, 0.6) is 0 Å². The van der Waals surface area contributed by atoms with Crippen molar-refractivity contribution in [3.63, 3.8) is 0 Å². The van der Waals surface area contributed by atoms with Crippen molar-refractivity contribution >= 4 is 22.4 Å². The van der Waals surface area contributed by atoms with Crippen molar-refractivity contribution in [1.29, 1.82) is 0 Å². The van der Waals surface area contributed by atoms with Gasteiger partial charge in [-0.05, 0) is 38.5 Å². The molecule has 0 radical (unpaired) electrons. The van der Waals surface area contributed by atoms with Crippen molar-refractivity contribution in [3.05, 3.63) is 95.1 Å². The number of amides is 1. The van der Waals surface area contributed by atoms with E-state index in [1.807, 2.05) is 44.2 Å². The van der Waals surface area contributed by atoms with Crippen molar-refractivity contribution in [1.82, 2.24) is 4.98 Å². The number of nitrogens with one attached hydrogen (secondary N) is 1. The van der Waals surface area contributed by atoms with E-state index in [9.17, 15) is 4.79 Å². The number of hydrogen-bond donors (Lipinski definition) is 1. The zero-order valence-electron chi connectivity index (χ0n) is 16.7. The van der Waals surface area contributed by atoms with Gasteiger partial charge in [0.1, 0.15) is 0 Å². The van der Waals surface area contributed by atoms with Gasteiger partial charge in [0.15, 0.2) is 5.13 Å². The quantitative estimate of drug-likeness (QED) is 0.418. The van der Waals surface area contributed by atoms with Crippen LogP contribution in [0.4, 0.5) is 5.13 Å². The standard InChI is InChI=1S/C25H22N2OS/c1-16-9-11-19(12-10-16)22-23(20-7-5-4-6-8-20)29-25(26-22)27-24(28)21-14-17(2)13-18(3)15-21/h4-15H,1-3H3,(H,26,27,28). The number of hydrogen-bond acceptors (Lipinski definition) is 3. The van der Waals surface area contributed by atoms with E-state index >= 15 is 0 Å². The van der Waals surface area contributed by atoms with Crippen LogP contribution in [0.3, 0.4) is 0 Å². The summed E-state index contributed by atoms with van der Waals surface area (Å²) in [5, 5.41) is 3.59. The summed E-state index contributed by atoms with van der Waals surface area (Å²) in [5.41, 5.74) is 7.01. The molecule has 1 amide bonds. The predicted octanol–water partition coefficient (Wildman–Crippen LogP) is 6.65. The molecule has 144 valence electrons. The van der Waals surface area contributed by atoms with Gasteiger partial charge in [-0.15, -0.1) is 0 Å². The molecule has 0 aliphatic heterocycles. The molecule has 0 atom stereocenters. The third-order valence-corrected chi connectivity index (χ3v) is 5.71. The number of aryl methyl sites for hydroxylation is 3. The molecular weight excluding hydrogens is 376 g/mol. The highest BCUT2D eigenvalue weighted by Crippen LogP contribution is 2.39. The highest BCUT2D eigenvalue weighted by molar-refractivity contribution is 7.19. The Hall–Kier alpha value is -3.24. The summed E-state index contributed by atoms with van der Waals surface area (Å²) < 4.78 is 0. The van der Waals surface area contributed by atoms with E-state index < -0.39 is 0 Å². The summed E-state index contributed by atoms with van der Waals surface area (Å²) in [6.45, 7) is 6.06. The van der Waals surface area contributed by atoms with Crippen molar-refractivity contribution < 1.29 is 4.79 Å². The molecular formula is C25H22N2OS. The maximum atomic E-state index is 12.8. The molecule has 29 heavy (non-hydrogen) atoms. The van der Waals surface area contributed by atoms with Gasteiger partial charge in [-0.3, -0.25) is 10.1 Å². The Labute approximate surface area is 175 Å². The largest absolute Gasteiger partial charge is 0.298 e. The maximum absolute atomic E-state index is 12.8. The normalized spacial score (nSPS) is 10.7. The third-order valence-electron chi connectivity index (χ3n) is 4.69. The Morgan fingerprint density at radius 2 is 1.45 bits per heavy atom. The first-order valence-electron chi connectivity index (χ1n) is 9.52. The first kappa shape index (κ1) is 19.1. The van der Waals surface area contributed by atoms with E-state index in [4.69, 9.17) is 4.98 Å². The van der Waals surface area contributed by atoms with Crippen molar-refractivity contribution in [2.24, 2.45) is 0 Å². The highest BCUT2D eigenvalue weighted by atomic mass is 32.1. The molecule has 0 aliphatic rings. The molecule has 0 bridgehead atoms. The van der Waals surface area contributed by atoms with Gasteiger partial charge in [0, 0.05) is 11.1 Å². The van der Waals surface area contributed by atoms with Crippen LogP contribution in [0.1, 0.15) is 27.0 Å². The molecule has 4 heteroatoms. The Bertz CT molecular complexity index is 1140. The van der Waals surface area contributed by atoms with E-state index in [-0.39, 0.29) is 5.91 Å². The van der Waals surface area contributed by atoms with Gasteiger partial charge in [-0.2, -0.15) is 0 Å². The molecule has 3 aromatic carbocycles. The average molecular weight is 399 g/mol. The molecule has 1 aromatic heterocycles. The highest BCUT2D eigenvalue weighted by Gasteiger charge is 2.17. The second-order valence-electron chi connectivity index (χ2n) is 7.26. The molecule has 0 unspecified atom stereocenters. The SMILES string of the molecule is Cc1ccc(-c2nc(NC(=O)c3cc(C)cc(C)c3)sc2-c2ccccc2)cc1. The van der Waals surface area contributed by atoms with E-state index in [2.05, 4.69) is 54.7 Å². The van der Waals surface area contributed by atoms with Gasteiger partial charge < -0.3 is 0 Å². The minimum atomic E-state index is -0.138. The van der Waals surface area contributed by atoms with Gasteiger partial charge in [-0.1, -0.05) is 88.7 Å². The molecule has 4 aromatic rings. The first-order chi connectivity index (χ1) is 14.0. The van der Waals surface area contributed by atoms with E-state index in [1.54, 1.807) is 0 Å². The number of carbonyl (C=O) groups is 1. The molecule has 0 spiro atoms. The molecule has 0 saturated carbocycles. The fraction of sp³-hybridized carbons (Fsp3) is 0.120. The van der Waals surface area contributed by atoms with Gasteiger partial charge >= 0.3 is 0 Å². The predicted molar refractivity (Wildman–Crippen MR) is 122 cm³/mol. The van der Waals surface area contributed by atoms with Crippen LogP contribution in [-0.2, 0) is 0 Å². The number of benzene rings is 3. The molecule has 4 rings (SSSR count). The van der Waals surface area contributed by atoms with Crippen LogP contribution >= 0.6 is 11.3 Å². The molecule has 0 saturated heterocycles. The number of anilines is 1. The Balaban J connectivity index is 1.73. The number of thiazole rings is 1. The van der Waals surface area contributed by atoms with Crippen LogP contribution in [0.2, 0.25) is 0 Å². The lowest BCUT2D eigenvalue weighted by molar-refractivity contribution is 0.102. The summed E-state index contributed by atoms with van der Waals surface area (Å²) in [4.78, 5) is 18.6.